The molecule has 16 heavy (non-hydrogen) atoms. The van der Waals surface area contributed by atoms with Crippen molar-refractivity contribution in [3.05, 3.63) is 18.5 Å². The van der Waals surface area contributed by atoms with Crippen LogP contribution in [0.4, 0.5) is 5.69 Å². The number of hydrogen-bond donors (Lipinski definition) is 1. The van der Waals surface area contributed by atoms with Gasteiger partial charge in [0.15, 0.2) is 0 Å². The summed E-state index contributed by atoms with van der Waals surface area (Å²) in [6.07, 6.45) is 5.73. The van der Waals surface area contributed by atoms with Crippen molar-refractivity contribution in [2.24, 2.45) is 0 Å². The Morgan fingerprint density at radius 1 is 1.44 bits per heavy atom. The second kappa shape index (κ2) is 5.41. The Labute approximate surface area is 98.3 Å². The summed E-state index contributed by atoms with van der Waals surface area (Å²) in [5.74, 6) is 0.661. The number of nitrogen functional groups attached to an aromatic ring is 1. The van der Waals surface area contributed by atoms with Crippen molar-refractivity contribution < 1.29 is 4.21 Å². The highest BCUT2D eigenvalue weighted by Gasteiger charge is 2.14. The molecule has 1 aromatic rings. The van der Waals surface area contributed by atoms with E-state index in [1.807, 2.05) is 0 Å². The highest BCUT2D eigenvalue weighted by Crippen LogP contribution is 2.15. The highest BCUT2D eigenvalue weighted by atomic mass is 32.2. The number of aromatic nitrogens is 1. The van der Waals surface area contributed by atoms with E-state index in [1.165, 1.54) is 12.8 Å². The molecule has 1 saturated heterocycles. The third-order valence-corrected chi connectivity index (χ3v) is 4.26. The van der Waals surface area contributed by atoms with Gasteiger partial charge in [0.2, 0.25) is 0 Å². The molecule has 1 atom stereocenters. The lowest BCUT2D eigenvalue weighted by atomic mass is 10.4. The maximum Gasteiger partial charge on any atom is 0.0664 e. The Bertz CT molecular complexity index is 377. The molecule has 2 N–H and O–H groups in total. The summed E-state index contributed by atoms with van der Waals surface area (Å²) in [5.41, 5.74) is 6.27. The molecule has 0 radical (unpaired) electrons. The van der Waals surface area contributed by atoms with Crippen molar-refractivity contribution in [2.75, 3.05) is 31.1 Å². The lowest BCUT2D eigenvalue weighted by Crippen LogP contribution is -2.24. The van der Waals surface area contributed by atoms with Crippen molar-refractivity contribution in [2.45, 2.75) is 17.7 Å². The van der Waals surface area contributed by atoms with Crippen LogP contribution in [0, 0.1) is 0 Å². The van der Waals surface area contributed by atoms with Gasteiger partial charge in [0, 0.05) is 18.5 Å². The van der Waals surface area contributed by atoms with Crippen LogP contribution in [0.2, 0.25) is 0 Å². The summed E-state index contributed by atoms with van der Waals surface area (Å²) in [6.45, 7) is 3.18. The maximum absolute atomic E-state index is 12.0. The van der Waals surface area contributed by atoms with Gasteiger partial charge in [-0.2, -0.15) is 0 Å². The van der Waals surface area contributed by atoms with E-state index in [1.54, 1.807) is 18.5 Å². The molecule has 1 aliphatic heterocycles. The zero-order valence-corrected chi connectivity index (χ0v) is 10.1. The van der Waals surface area contributed by atoms with Gasteiger partial charge in [0.1, 0.15) is 0 Å². The lowest BCUT2D eigenvalue weighted by molar-refractivity contribution is 0.361. The number of likely N-dealkylation sites (tertiary alicyclic amines) is 1. The monoisotopic (exact) mass is 239 g/mol. The first-order valence-electron chi connectivity index (χ1n) is 5.57. The zero-order valence-electron chi connectivity index (χ0n) is 9.26. The fourth-order valence-electron chi connectivity index (χ4n) is 1.93. The molecule has 1 fully saturated rings. The number of rotatable bonds is 4. The first-order chi connectivity index (χ1) is 7.77. The van der Waals surface area contributed by atoms with E-state index in [-0.39, 0.29) is 0 Å². The van der Waals surface area contributed by atoms with Crippen LogP contribution < -0.4 is 5.73 Å². The molecule has 0 saturated carbocycles. The van der Waals surface area contributed by atoms with Crippen molar-refractivity contribution in [3.8, 4) is 0 Å². The van der Waals surface area contributed by atoms with Crippen molar-refractivity contribution in [1.82, 2.24) is 9.88 Å². The molecule has 2 rings (SSSR count). The van der Waals surface area contributed by atoms with Crippen molar-refractivity contribution in [3.63, 3.8) is 0 Å². The van der Waals surface area contributed by atoms with Gasteiger partial charge in [0.05, 0.1) is 27.6 Å². The van der Waals surface area contributed by atoms with Crippen LogP contribution in [0.3, 0.4) is 0 Å². The molecule has 1 aromatic heterocycles. The molecule has 2 heterocycles. The van der Waals surface area contributed by atoms with E-state index in [9.17, 15) is 4.21 Å². The van der Waals surface area contributed by atoms with Crippen LogP contribution in [0.5, 0.6) is 0 Å². The normalized spacial score (nSPS) is 18.8. The Morgan fingerprint density at radius 3 is 2.88 bits per heavy atom. The third-order valence-electron chi connectivity index (χ3n) is 2.85. The molecule has 5 heteroatoms. The molecule has 0 spiro atoms. The number of nitrogens with zero attached hydrogens (tertiary/aromatic N) is 2. The fraction of sp³-hybridized carbons (Fsp3) is 0.545. The number of hydrogen-bond acceptors (Lipinski definition) is 4. The summed E-state index contributed by atoms with van der Waals surface area (Å²) in [6, 6.07) is 1.75. The largest absolute Gasteiger partial charge is 0.396 e. The van der Waals surface area contributed by atoms with Gasteiger partial charge >= 0.3 is 0 Å². The smallest absolute Gasteiger partial charge is 0.0664 e. The average molecular weight is 239 g/mol. The standard InChI is InChI=1S/C11H17N3OS/c12-10-9-13-4-3-11(10)16(15)8-7-14-5-1-2-6-14/h3-4,9H,1-2,5-8,12H2. The summed E-state index contributed by atoms with van der Waals surface area (Å²) in [7, 11) is -0.998. The maximum atomic E-state index is 12.0. The molecular formula is C11H17N3OS. The average Bonchev–Trinajstić information content (AvgIpc) is 2.79. The molecule has 0 amide bonds. The van der Waals surface area contributed by atoms with Crippen molar-refractivity contribution in [1.29, 1.82) is 0 Å². The number of anilines is 1. The van der Waals surface area contributed by atoms with E-state index in [4.69, 9.17) is 5.73 Å². The molecule has 0 aromatic carbocycles. The molecular weight excluding hydrogens is 222 g/mol. The van der Waals surface area contributed by atoms with Gasteiger partial charge < -0.3 is 10.6 Å². The van der Waals surface area contributed by atoms with Crippen LogP contribution in [0.1, 0.15) is 12.8 Å². The van der Waals surface area contributed by atoms with E-state index in [2.05, 4.69) is 9.88 Å². The Kier molecular flexibility index (Phi) is 3.90. The molecule has 1 unspecified atom stereocenters. The molecule has 4 nitrogen and oxygen atoms in total. The minimum atomic E-state index is -0.998. The topological polar surface area (TPSA) is 59.2 Å². The Hall–Kier alpha value is -0.940. The van der Waals surface area contributed by atoms with Gasteiger partial charge in [-0.05, 0) is 32.0 Å². The minimum Gasteiger partial charge on any atom is -0.396 e. The number of nitrogens with two attached hydrogens (primary N) is 1. The van der Waals surface area contributed by atoms with Crippen LogP contribution in [-0.4, -0.2) is 39.5 Å². The first kappa shape index (κ1) is 11.5. The fourth-order valence-corrected chi connectivity index (χ4v) is 3.10. The molecule has 0 bridgehead atoms. The predicted molar refractivity (Wildman–Crippen MR) is 65.6 cm³/mol. The second-order valence-corrected chi connectivity index (χ2v) is 5.55. The van der Waals surface area contributed by atoms with Crippen molar-refractivity contribution >= 4 is 16.5 Å². The van der Waals surface area contributed by atoms with Gasteiger partial charge in [-0.15, -0.1) is 0 Å². The van der Waals surface area contributed by atoms with Crippen LogP contribution in [0.15, 0.2) is 23.4 Å². The lowest BCUT2D eigenvalue weighted by Gasteiger charge is -2.14. The second-order valence-electron chi connectivity index (χ2n) is 4.01. The summed E-state index contributed by atoms with van der Waals surface area (Å²) in [5, 5.41) is 0. The molecule has 1 aliphatic rings. The predicted octanol–water partition coefficient (Wildman–Crippen LogP) is 0.867. The van der Waals surface area contributed by atoms with Gasteiger partial charge in [-0.1, -0.05) is 0 Å². The minimum absolute atomic E-state index is 0.530. The van der Waals surface area contributed by atoms with E-state index >= 15 is 0 Å². The SMILES string of the molecule is Nc1cnccc1S(=O)CCN1CCCC1. The summed E-state index contributed by atoms with van der Waals surface area (Å²) in [4.78, 5) is 6.97. The molecule has 88 valence electrons. The third kappa shape index (κ3) is 2.80. The number of pyridine rings is 1. The highest BCUT2D eigenvalue weighted by molar-refractivity contribution is 7.85. The zero-order chi connectivity index (χ0) is 11.4. The Morgan fingerprint density at radius 2 is 2.19 bits per heavy atom. The van der Waals surface area contributed by atoms with Gasteiger partial charge in [0.25, 0.3) is 0 Å². The Balaban J connectivity index is 1.90. The van der Waals surface area contributed by atoms with Crippen LogP contribution >= 0.6 is 0 Å². The van der Waals surface area contributed by atoms with Gasteiger partial charge in [-0.3, -0.25) is 9.19 Å². The summed E-state index contributed by atoms with van der Waals surface area (Å²) >= 11 is 0. The van der Waals surface area contributed by atoms with Crippen LogP contribution in [-0.2, 0) is 10.8 Å². The van der Waals surface area contributed by atoms with E-state index < -0.39 is 10.8 Å². The first-order valence-corrected chi connectivity index (χ1v) is 6.89. The molecule has 0 aliphatic carbocycles. The van der Waals surface area contributed by atoms with Crippen LogP contribution in [0.25, 0.3) is 0 Å². The van der Waals surface area contributed by atoms with E-state index in [0.29, 0.717) is 16.3 Å². The van der Waals surface area contributed by atoms with E-state index in [0.717, 1.165) is 19.6 Å². The van der Waals surface area contributed by atoms with Gasteiger partial charge in [-0.25, -0.2) is 0 Å². The quantitative estimate of drug-likeness (QED) is 0.847. The summed E-state index contributed by atoms with van der Waals surface area (Å²) < 4.78 is 12.0.